The zero-order valence-electron chi connectivity index (χ0n) is 15.6. The second-order valence-corrected chi connectivity index (χ2v) is 6.21. The first kappa shape index (κ1) is 22.4. The quantitative estimate of drug-likeness (QED) is 0.481. The van der Waals surface area contributed by atoms with E-state index in [4.69, 9.17) is 9.84 Å². The molecule has 2 aromatic rings. The van der Waals surface area contributed by atoms with Crippen molar-refractivity contribution < 1.29 is 37.7 Å². The standard InChI is InChI=1S/C21H21F3O5/c1-28-20-11-6-15(19(27)10-7-17(26)13-25)12-16(20)5-2-14-3-8-18(9-4-14)29-21(22,23)24/h2-6,8-9,11-12,17,25-26H,7,10,13H2,1H3/b5-2+/t17-/m1/s1. The van der Waals surface area contributed by atoms with Gasteiger partial charge in [-0.05, 0) is 42.3 Å². The molecule has 0 radical (unpaired) electrons. The Bertz CT molecular complexity index is 844. The summed E-state index contributed by atoms with van der Waals surface area (Å²) < 4.78 is 45.7. The summed E-state index contributed by atoms with van der Waals surface area (Å²) in [6.45, 7) is -0.406. The topological polar surface area (TPSA) is 76.0 Å². The van der Waals surface area contributed by atoms with Crippen LogP contribution in [0.5, 0.6) is 11.5 Å². The van der Waals surface area contributed by atoms with Crippen molar-refractivity contribution in [2.45, 2.75) is 25.3 Å². The lowest BCUT2D eigenvalue weighted by Crippen LogP contribution is -2.16. The molecule has 0 spiro atoms. The molecule has 2 N–H and O–H groups in total. The SMILES string of the molecule is COc1ccc(C(=O)CC[C@@H](O)CO)cc1/C=C/c1ccc(OC(F)(F)F)cc1. The van der Waals surface area contributed by atoms with Gasteiger partial charge in [0.2, 0.25) is 0 Å². The largest absolute Gasteiger partial charge is 0.573 e. The number of carbonyl (C=O) groups excluding carboxylic acids is 1. The Morgan fingerprint density at radius 3 is 2.41 bits per heavy atom. The molecule has 0 fully saturated rings. The van der Waals surface area contributed by atoms with Crippen LogP contribution in [-0.4, -0.2) is 42.2 Å². The third-order valence-electron chi connectivity index (χ3n) is 4.04. The third kappa shape index (κ3) is 7.24. The number of aliphatic hydroxyl groups excluding tert-OH is 2. The van der Waals surface area contributed by atoms with Gasteiger partial charge in [-0.2, -0.15) is 0 Å². The van der Waals surface area contributed by atoms with Gasteiger partial charge in [-0.25, -0.2) is 0 Å². The maximum absolute atomic E-state index is 12.3. The second kappa shape index (κ2) is 10.1. The molecule has 156 valence electrons. The number of Topliss-reactive ketones (excluding diaryl/α,β-unsaturated/α-hetero) is 1. The lowest BCUT2D eigenvalue weighted by molar-refractivity contribution is -0.274. The Hall–Kier alpha value is -2.84. The van der Waals surface area contributed by atoms with Crippen LogP contribution in [0.25, 0.3) is 12.2 Å². The summed E-state index contributed by atoms with van der Waals surface area (Å²) in [4.78, 5) is 12.3. The van der Waals surface area contributed by atoms with Crippen molar-refractivity contribution in [2.24, 2.45) is 0 Å². The molecule has 0 aliphatic heterocycles. The van der Waals surface area contributed by atoms with Crippen LogP contribution in [0.15, 0.2) is 42.5 Å². The maximum Gasteiger partial charge on any atom is 0.573 e. The van der Waals surface area contributed by atoms with Gasteiger partial charge in [-0.3, -0.25) is 4.79 Å². The zero-order chi connectivity index (χ0) is 21.4. The number of halogens is 3. The van der Waals surface area contributed by atoms with Crippen LogP contribution in [0, 0.1) is 0 Å². The molecule has 0 amide bonds. The average molecular weight is 410 g/mol. The van der Waals surface area contributed by atoms with Gasteiger partial charge in [-0.1, -0.05) is 24.3 Å². The minimum atomic E-state index is -4.75. The van der Waals surface area contributed by atoms with Crippen LogP contribution in [0.1, 0.15) is 34.3 Å². The van der Waals surface area contributed by atoms with Crippen LogP contribution in [0.4, 0.5) is 13.2 Å². The molecule has 0 heterocycles. The molecule has 0 unspecified atom stereocenters. The number of carbonyl (C=O) groups is 1. The van der Waals surface area contributed by atoms with Crippen molar-refractivity contribution in [3.63, 3.8) is 0 Å². The lowest BCUT2D eigenvalue weighted by atomic mass is 10.0. The first-order valence-electron chi connectivity index (χ1n) is 8.76. The Morgan fingerprint density at radius 1 is 1.14 bits per heavy atom. The zero-order valence-corrected chi connectivity index (χ0v) is 15.6. The summed E-state index contributed by atoms with van der Waals surface area (Å²) in [5.74, 6) is 0.0126. The molecule has 1 atom stereocenters. The Kier molecular flexibility index (Phi) is 7.81. The Morgan fingerprint density at radius 2 is 1.83 bits per heavy atom. The fourth-order valence-corrected chi connectivity index (χ4v) is 2.54. The van der Waals surface area contributed by atoms with Crippen LogP contribution >= 0.6 is 0 Å². The first-order valence-corrected chi connectivity index (χ1v) is 8.76. The highest BCUT2D eigenvalue weighted by Crippen LogP contribution is 2.25. The number of hydrogen-bond donors (Lipinski definition) is 2. The van der Waals surface area contributed by atoms with Crippen LogP contribution in [0.3, 0.4) is 0 Å². The van der Waals surface area contributed by atoms with E-state index in [2.05, 4.69) is 4.74 Å². The third-order valence-corrected chi connectivity index (χ3v) is 4.04. The van der Waals surface area contributed by atoms with Crippen LogP contribution in [0.2, 0.25) is 0 Å². The minimum Gasteiger partial charge on any atom is -0.496 e. The van der Waals surface area contributed by atoms with Gasteiger partial charge in [0, 0.05) is 17.5 Å². The molecule has 0 saturated heterocycles. The molecule has 0 bridgehead atoms. The highest BCUT2D eigenvalue weighted by Gasteiger charge is 2.30. The van der Waals surface area contributed by atoms with Crippen molar-refractivity contribution in [2.75, 3.05) is 13.7 Å². The van der Waals surface area contributed by atoms with Crippen molar-refractivity contribution >= 4 is 17.9 Å². The Balaban J connectivity index is 2.15. The summed E-state index contributed by atoms with van der Waals surface area (Å²) >= 11 is 0. The number of aliphatic hydroxyl groups is 2. The van der Waals surface area contributed by atoms with E-state index >= 15 is 0 Å². The maximum atomic E-state index is 12.3. The summed E-state index contributed by atoms with van der Waals surface area (Å²) in [5, 5.41) is 18.2. The van der Waals surface area contributed by atoms with Gasteiger partial charge in [-0.15, -0.1) is 13.2 Å². The number of methoxy groups -OCH3 is 1. The highest BCUT2D eigenvalue weighted by molar-refractivity contribution is 5.97. The molecular formula is C21H21F3O5. The number of ketones is 1. The summed E-state index contributed by atoms with van der Waals surface area (Å²) in [6, 6.07) is 10.2. The number of hydrogen-bond acceptors (Lipinski definition) is 5. The average Bonchev–Trinajstić information content (AvgIpc) is 2.69. The molecular weight excluding hydrogens is 389 g/mol. The van der Waals surface area contributed by atoms with Crippen molar-refractivity contribution in [3.8, 4) is 11.5 Å². The van der Waals surface area contributed by atoms with Crippen molar-refractivity contribution in [1.29, 1.82) is 0 Å². The van der Waals surface area contributed by atoms with E-state index in [1.54, 1.807) is 30.4 Å². The molecule has 5 nitrogen and oxygen atoms in total. The molecule has 2 aromatic carbocycles. The Labute approximate surface area is 166 Å². The van der Waals surface area contributed by atoms with Gasteiger partial charge in [0.15, 0.2) is 5.78 Å². The van der Waals surface area contributed by atoms with Crippen molar-refractivity contribution in [1.82, 2.24) is 0 Å². The first-order chi connectivity index (χ1) is 13.7. The van der Waals surface area contributed by atoms with Crippen LogP contribution in [-0.2, 0) is 0 Å². The van der Waals surface area contributed by atoms with E-state index in [1.807, 2.05) is 0 Å². The van der Waals surface area contributed by atoms with E-state index in [1.165, 1.54) is 31.4 Å². The molecule has 2 rings (SSSR count). The van der Waals surface area contributed by atoms with Gasteiger partial charge >= 0.3 is 6.36 Å². The molecule has 8 heteroatoms. The van der Waals surface area contributed by atoms with Crippen LogP contribution < -0.4 is 9.47 Å². The second-order valence-electron chi connectivity index (χ2n) is 6.21. The van der Waals surface area contributed by atoms with E-state index in [0.717, 1.165) is 0 Å². The van der Waals surface area contributed by atoms with Crippen molar-refractivity contribution in [3.05, 3.63) is 59.2 Å². The minimum absolute atomic E-state index is 0.0812. The smallest absolute Gasteiger partial charge is 0.496 e. The van der Waals surface area contributed by atoms with E-state index < -0.39 is 19.1 Å². The number of ether oxygens (including phenoxy) is 2. The lowest BCUT2D eigenvalue weighted by Gasteiger charge is -2.09. The summed E-state index contributed by atoms with van der Waals surface area (Å²) in [7, 11) is 1.48. The monoisotopic (exact) mass is 410 g/mol. The molecule has 0 aliphatic rings. The molecule has 0 aliphatic carbocycles. The van der Waals surface area contributed by atoms with Gasteiger partial charge in [0.05, 0.1) is 19.8 Å². The molecule has 29 heavy (non-hydrogen) atoms. The fourth-order valence-electron chi connectivity index (χ4n) is 2.54. The van der Waals surface area contributed by atoms with E-state index in [0.29, 0.717) is 22.4 Å². The fraction of sp³-hybridized carbons (Fsp3) is 0.286. The number of rotatable bonds is 9. The predicted molar refractivity (Wildman–Crippen MR) is 102 cm³/mol. The van der Waals surface area contributed by atoms with Gasteiger partial charge in [0.1, 0.15) is 11.5 Å². The number of benzene rings is 2. The number of alkyl halides is 3. The van der Waals surface area contributed by atoms with E-state index in [-0.39, 0.29) is 24.4 Å². The van der Waals surface area contributed by atoms with Gasteiger partial charge in [0.25, 0.3) is 0 Å². The predicted octanol–water partition coefficient (Wildman–Crippen LogP) is 4.08. The van der Waals surface area contributed by atoms with Gasteiger partial charge < -0.3 is 19.7 Å². The molecule has 0 saturated carbocycles. The normalized spacial score (nSPS) is 12.8. The molecule has 0 aromatic heterocycles. The van der Waals surface area contributed by atoms with E-state index in [9.17, 15) is 23.1 Å². The summed E-state index contributed by atoms with van der Waals surface area (Å²) in [6.07, 6.45) is -2.11. The summed E-state index contributed by atoms with van der Waals surface area (Å²) in [5.41, 5.74) is 1.66. The highest BCUT2D eigenvalue weighted by atomic mass is 19.4.